The summed E-state index contributed by atoms with van der Waals surface area (Å²) in [6, 6.07) is 6.61. The lowest BCUT2D eigenvalue weighted by Crippen LogP contribution is -2.43. The van der Waals surface area contributed by atoms with Gasteiger partial charge in [0.15, 0.2) is 0 Å². The Morgan fingerprint density at radius 3 is 2.57 bits per heavy atom. The largest absolute Gasteiger partial charge is 0.444 e. The van der Waals surface area contributed by atoms with Gasteiger partial charge in [-0.05, 0) is 80.6 Å². The summed E-state index contributed by atoms with van der Waals surface area (Å²) in [5.74, 6) is 0. The third-order valence-corrected chi connectivity index (χ3v) is 4.84. The van der Waals surface area contributed by atoms with Crippen LogP contribution in [0.25, 0.3) is 0 Å². The molecule has 1 saturated carbocycles. The van der Waals surface area contributed by atoms with Crippen LogP contribution < -0.4 is 10.6 Å². The van der Waals surface area contributed by atoms with Crippen molar-refractivity contribution >= 4 is 43.6 Å². The molecule has 1 aromatic rings. The predicted molar refractivity (Wildman–Crippen MR) is 101 cm³/mol. The highest BCUT2D eigenvalue weighted by atomic mass is 79.9. The fourth-order valence-corrected chi connectivity index (χ4v) is 3.91. The van der Waals surface area contributed by atoms with Crippen molar-refractivity contribution in [1.82, 2.24) is 5.32 Å². The number of anilines is 1. The van der Waals surface area contributed by atoms with E-state index in [4.69, 9.17) is 4.74 Å². The number of rotatable bonds is 3. The van der Waals surface area contributed by atoms with Crippen LogP contribution >= 0.6 is 31.9 Å². The van der Waals surface area contributed by atoms with Crippen molar-refractivity contribution in [2.24, 2.45) is 0 Å². The van der Waals surface area contributed by atoms with Crippen molar-refractivity contribution in [2.75, 3.05) is 5.32 Å². The molecule has 0 aromatic heterocycles. The van der Waals surface area contributed by atoms with E-state index in [0.717, 1.165) is 40.3 Å². The van der Waals surface area contributed by atoms with Crippen molar-refractivity contribution in [2.45, 2.75) is 64.1 Å². The van der Waals surface area contributed by atoms with Crippen molar-refractivity contribution in [3.63, 3.8) is 0 Å². The number of alkyl carbamates (subject to hydrolysis) is 1. The molecule has 0 heterocycles. The standard InChI is InChI=1S/C17H24Br2N2O2/c1-17(2,3)23-16(22)21-13-6-4-5-12(10-13)20-15-8-7-11(18)9-14(15)19/h7-9,12-13,20H,4-6,10H2,1-3H3,(H,21,22). The molecule has 2 unspecified atom stereocenters. The highest BCUT2D eigenvalue weighted by Crippen LogP contribution is 2.29. The summed E-state index contributed by atoms with van der Waals surface area (Å²) in [5.41, 5.74) is 0.620. The van der Waals surface area contributed by atoms with Crippen LogP contribution in [-0.4, -0.2) is 23.8 Å². The molecule has 2 N–H and O–H groups in total. The molecule has 2 atom stereocenters. The molecule has 0 saturated heterocycles. The summed E-state index contributed by atoms with van der Waals surface area (Å²) >= 11 is 7.04. The van der Waals surface area contributed by atoms with Gasteiger partial charge in [-0.2, -0.15) is 0 Å². The number of hydrogen-bond acceptors (Lipinski definition) is 3. The van der Waals surface area contributed by atoms with E-state index in [-0.39, 0.29) is 12.1 Å². The van der Waals surface area contributed by atoms with Crippen LogP contribution in [-0.2, 0) is 4.74 Å². The van der Waals surface area contributed by atoms with Gasteiger partial charge in [0.05, 0.1) is 0 Å². The molecule has 4 nitrogen and oxygen atoms in total. The van der Waals surface area contributed by atoms with E-state index in [2.05, 4.69) is 48.6 Å². The summed E-state index contributed by atoms with van der Waals surface area (Å²) in [6.45, 7) is 5.63. The predicted octanol–water partition coefficient (Wildman–Crippen LogP) is 5.46. The number of carbonyl (C=O) groups excluding carboxylic acids is 1. The molecule has 1 amide bonds. The fourth-order valence-electron chi connectivity index (χ4n) is 2.75. The smallest absolute Gasteiger partial charge is 0.407 e. The van der Waals surface area contributed by atoms with Crippen LogP contribution in [0, 0.1) is 0 Å². The minimum absolute atomic E-state index is 0.158. The molecule has 1 aliphatic rings. The van der Waals surface area contributed by atoms with Crippen LogP contribution in [0.4, 0.5) is 10.5 Å². The van der Waals surface area contributed by atoms with Gasteiger partial charge in [0, 0.05) is 26.7 Å². The molecule has 0 bridgehead atoms. The molecule has 2 rings (SSSR count). The van der Waals surface area contributed by atoms with Gasteiger partial charge in [0.1, 0.15) is 5.60 Å². The number of hydrogen-bond donors (Lipinski definition) is 2. The summed E-state index contributed by atoms with van der Waals surface area (Å²) in [7, 11) is 0. The van der Waals surface area contributed by atoms with E-state index in [0.29, 0.717) is 6.04 Å². The first-order chi connectivity index (χ1) is 10.7. The first kappa shape index (κ1) is 18.6. The van der Waals surface area contributed by atoms with Crippen LogP contribution in [0.15, 0.2) is 27.1 Å². The third kappa shape index (κ3) is 6.34. The Balaban J connectivity index is 1.89. The van der Waals surface area contributed by atoms with E-state index in [1.807, 2.05) is 32.9 Å². The molecule has 0 aliphatic heterocycles. The lowest BCUT2D eigenvalue weighted by molar-refractivity contribution is 0.0492. The lowest BCUT2D eigenvalue weighted by Gasteiger charge is -2.32. The number of halogens is 2. The highest BCUT2D eigenvalue weighted by Gasteiger charge is 2.25. The van der Waals surface area contributed by atoms with Crippen LogP contribution in [0.2, 0.25) is 0 Å². The zero-order valence-electron chi connectivity index (χ0n) is 13.8. The van der Waals surface area contributed by atoms with Gasteiger partial charge in [-0.25, -0.2) is 4.79 Å². The van der Waals surface area contributed by atoms with Crippen molar-refractivity contribution in [3.05, 3.63) is 27.1 Å². The maximum Gasteiger partial charge on any atom is 0.407 e. The Kier molecular flexibility index (Phi) is 6.37. The molecular weight excluding hydrogens is 424 g/mol. The number of ether oxygens (including phenoxy) is 1. The Hall–Kier alpha value is -0.750. The summed E-state index contributed by atoms with van der Waals surface area (Å²) in [5, 5.41) is 6.56. The van der Waals surface area contributed by atoms with Gasteiger partial charge in [-0.1, -0.05) is 15.9 Å². The number of nitrogens with one attached hydrogen (secondary N) is 2. The van der Waals surface area contributed by atoms with E-state index in [9.17, 15) is 4.79 Å². The Bertz CT molecular complexity index is 558. The topological polar surface area (TPSA) is 50.4 Å². The van der Waals surface area contributed by atoms with Crippen LogP contribution in [0.5, 0.6) is 0 Å². The minimum Gasteiger partial charge on any atom is -0.444 e. The Labute approximate surface area is 155 Å². The zero-order chi connectivity index (χ0) is 17.0. The van der Waals surface area contributed by atoms with Gasteiger partial charge in [0.25, 0.3) is 0 Å². The first-order valence-electron chi connectivity index (χ1n) is 7.94. The summed E-state index contributed by atoms with van der Waals surface area (Å²) in [6.07, 6.45) is 3.77. The Morgan fingerprint density at radius 2 is 1.91 bits per heavy atom. The van der Waals surface area contributed by atoms with Gasteiger partial charge < -0.3 is 15.4 Å². The molecule has 23 heavy (non-hydrogen) atoms. The molecule has 0 spiro atoms. The zero-order valence-corrected chi connectivity index (χ0v) is 17.0. The summed E-state index contributed by atoms with van der Waals surface area (Å²) in [4.78, 5) is 11.9. The third-order valence-electron chi connectivity index (χ3n) is 3.69. The molecule has 6 heteroatoms. The molecule has 128 valence electrons. The van der Waals surface area contributed by atoms with Gasteiger partial charge in [-0.15, -0.1) is 0 Å². The number of amides is 1. The van der Waals surface area contributed by atoms with Crippen molar-refractivity contribution in [1.29, 1.82) is 0 Å². The molecule has 1 fully saturated rings. The Morgan fingerprint density at radius 1 is 1.22 bits per heavy atom. The second-order valence-electron chi connectivity index (χ2n) is 6.98. The molecular formula is C17H24Br2N2O2. The maximum atomic E-state index is 11.9. The normalized spacial score (nSPS) is 21.6. The molecule has 1 aliphatic carbocycles. The van der Waals surface area contributed by atoms with Crippen molar-refractivity contribution < 1.29 is 9.53 Å². The van der Waals surface area contributed by atoms with Crippen molar-refractivity contribution in [3.8, 4) is 0 Å². The van der Waals surface area contributed by atoms with Crippen LogP contribution in [0.1, 0.15) is 46.5 Å². The first-order valence-corrected chi connectivity index (χ1v) is 9.52. The summed E-state index contributed by atoms with van der Waals surface area (Å²) < 4.78 is 7.42. The highest BCUT2D eigenvalue weighted by molar-refractivity contribution is 9.11. The monoisotopic (exact) mass is 446 g/mol. The van der Waals surface area contributed by atoms with E-state index in [1.54, 1.807) is 0 Å². The van der Waals surface area contributed by atoms with E-state index in [1.165, 1.54) is 0 Å². The maximum absolute atomic E-state index is 11.9. The SMILES string of the molecule is CC(C)(C)OC(=O)NC1CCCC(Nc2ccc(Br)cc2Br)C1. The number of benzene rings is 1. The van der Waals surface area contributed by atoms with Gasteiger partial charge in [0.2, 0.25) is 0 Å². The fraction of sp³-hybridized carbons (Fsp3) is 0.588. The molecule has 0 radical (unpaired) electrons. The number of carbonyl (C=O) groups is 1. The van der Waals surface area contributed by atoms with Gasteiger partial charge in [-0.3, -0.25) is 0 Å². The second kappa shape index (κ2) is 7.88. The minimum atomic E-state index is -0.460. The van der Waals surface area contributed by atoms with E-state index >= 15 is 0 Å². The molecule has 1 aromatic carbocycles. The van der Waals surface area contributed by atoms with Crippen LogP contribution in [0.3, 0.4) is 0 Å². The quantitative estimate of drug-likeness (QED) is 0.646. The average molecular weight is 448 g/mol. The second-order valence-corrected chi connectivity index (χ2v) is 8.75. The van der Waals surface area contributed by atoms with E-state index < -0.39 is 5.60 Å². The lowest BCUT2D eigenvalue weighted by atomic mass is 9.91. The van der Waals surface area contributed by atoms with Gasteiger partial charge >= 0.3 is 6.09 Å². The average Bonchev–Trinajstić information content (AvgIpc) is 2.40.